The number of fused-ring (bicyclic) bond motifs is 3. The fourth-order valence-corrected chi connectivity index (χ4v) is 4.75. The highest BCUT2D eigenvalue weighted by atomic mass is 35.5. The van der Waals surface area contributed by atoms with Crippen molar-refractivity contribution in [3.05, 3.63) is 64.2 Å². The molecule has 0 spiro atoms. The van der Waals surface area contributed by atoms with Crippen LogP contribution in [0.5, 0.6) is 5.75 Å². The zero-order valence-electron chi connectivity index (χ0n) is 14.8. The number of hydrogen-bond acceptors (Lipinski definition) is 3. The lowest BCUT2D eigenvalue weighted by Crippen LogP contribution is -2.55. The summed E-state index contributed by atoms with van der Waals surface area (Å²) in [6.07, 6.45) is 1.24. The first kappa shape index (κ1) is 18.7. The number of ether oxygens (including phenoxy) is 2. The summed E-state index contributed by atoms with van der Waals surface area (Å²) in [5, 5.41) is 10.1. The summed E-state index contributed by atoms with van der Waals surface area (Å²) in [5.41, 5.74) is 0.622. The van der Waals surface area contributed by atoms with Gasteiger partial charge in [0.25, 0.3) is 0 Å². The predicted octanol–water partition coefficient (Wildman–Crippen LogP) is 4.28. The molecule has 0 amide bonds. The second-order valence-electron chi connectivity index (χ2n) is 7.28. The Morgan fingerprint density at radius 3 is 2.59 bits per heavy atom. The molecule has 0 aliphatic carbocycles. The molecule has 2 aliphatic rings. The Labute approximate surface area is 161 Å². The lowest BCUT2D eigenvalue weighted by Gasteiger charge is -2.51. The second-order valence-corrected chi connectivity index (χ2v) is 7.72. The van der Waals surface area contributed by atoms with Crippen molar-refractivity contribution in [3.63, 3.8) is 0 Å². The smallest absolute Gasteiger partial charge is 0.165 e. The highest BCUT2D eigenvalue weighted by Crippen LogP contribution is 2.52. The molecule has 0 radical (unpaired) electrons. The maximum Gasteiger partial charge on any atom is 0.165 e. The van der Waals surface area contributed by atoms with E-state index in [4.69, 9.17) is 21.1 Å². The van der Waals surface area contributed by atoms with Gasteiger partial charge in [0.05, 0.1) is 12.7 Å². The highest BCUT2D eigenvalue weighted by Gasteiger charge is 2.53. The standard InChI is InChI=1S/C21H21ClF2O3/c22-14-3-1-13(2-4-14)11-21-8-10-26-18(7-9-25)15(21)12-27-20-17(24)6-5-16(23)19(20)21/h1-6,15,18,25H,7-12H2/t15-,18-,21-/m0/s1. The summed E-state index contributed by atoms with van der Waals surface area (Å²) in [4.78, 5) is 0. The van der Waals surface area contributed by atoms with Gasteiger partial charge in [-0.1, -0.05) is 23.7 Å². The van der Waals surface area contributed by atoms with E-state index in [1.807, 2.05) is 12.1 Å². The van der Waals surface area contributed by atoms with E-state index in [1.54, 1.807) is 12.1 Å². The van der Waals surface area contributed by atoms with Gasteiger partial charge in [-0.05, 0) is 49.1 Å². The minimum absolute atomic E-state index is 0.00450. The molecule has 27 heavy (non-hydrogen) atoms. The zero-order chi connectivity index (χ0) is 19.0. The molecule has 2 heterocycles. The molecule has 1 fully saturated rings. The van der Waals surface area contributed by atoms with Crippen LogP contribution in [0.1, 0.15) is 24.0 Å². The monoisotopic (exact) mass is 394 g/mol. The normalized spacial score (nSPS) is 26.8. The summed E-state index contributed by atoms with van der Waals surface area (Å²) in [7, 11) is 0. The Morgan fingerprint density at radius 1 is 1.11 bits per heavy atom. The third kappa shape index (κ3) is 3.22. The summed E-state index contributed by atoms with van der Waals surface area (Å²) in [6, 6.07) is 9.70. The van der Waals surface area contributed by atoms with Gasteiger partial charge < -0.3 is 14.6 Å². The zero-order valence-corrected chi connectivity index (χ0v) is 15.5. The summed E-state index contributed by atoms with van der Waals surface area (Å²) < 4.78 is 41.0. The van der Waals surface area contributed by atoms with Crippen molar-refractivity contribution in [2.75, 3.05) is 19.8 Å². The molecule has 3 atom stereocenters. The Kier molecular flexibility index (Phi) is 5.10. The Bertz CT molecular complexity index is 825. The van der Waals surface area contributed by atoms with Crippen LogP contribution >= 0.6 is 11.6 Å². The molecular formula is C21H21ClF2O3. The molecule has 2 aromatic carbocycles. The summed E-state index contributed by atoms with van der Waals surface area (Å²) in [5.74, 6) is -1.19. The minimum Gasteiger partial charge on any atom is -0.490 e. The Hall–Kier alpha value is -1.69. The van der Waals surface area contributed by atoms with E-state index in [0.29, 0.717) is 36.5 Å². The quantitative estimate of drug-likeness (QED) is 0.841. The summed E-state index contributed by atoms with van der Waals surface area (Å²) >= 11 is 6.00. The van der Waals surface area contributed by atoms with E-state index in [0.717, 1.165) is 11.6 Å². The van der Waals surface area contributed by atoms with Crippen LogP contribution in [0.25, 0.3) is 0 Å². The van der Waals surface area contributed by atoms with Crippen LogP contribution in [0.3, 0.4) is 0 Å². The molecule has 2 aromatic rings. The molecular weight excluding hydrogens is 374 g/mol. The van der Waals surface area contributed by atoms with Crippen LogP contribution in [-0.2, 0) is 16.6 Å². The first-order valence-corrected chi connectivity index (χ1v) is 9.51. The molecule has 0 unspecified atom stereocenters. The van der Waals surface area contributed by atoms with Gasteiger partial charge in [0.1, 0.15) is 5.82 Å². The Balaban J connectivity index is 1.86. The fraction of sp³-hybridized carbons (Fsp3) is 0.429. The van der Waals surface area contributed by atoms with Crippen LogP contribution in [0.15, 0.2) is 36.4 Å². The van der Waals surface area contributed by atoms with Crippen LogP contribution in [0.2, 0.25) is 5.02 Å². The largest absolute Gasteiger partial charge is 0.490 e. The van der Waals surface area contributed by atoms with Gasteiger partial charge in [-0.15, -0.1) is 0 Å². The van der Waals surface area contributed by atoms with E-state index in [2.05, 4.69) is 0 Å². The molecule has 1 N–H and O–H groups in total. The molecule has 4 rings (SSSR count). The maximum atomic E-state index is 15.0. The van der Waals surface area contributed by atoms with Crippen molar-refractivity contribution in [2.45, 2.75) is 30.8 Å². The lowest BCUT2D eigenvalue weighted by molar-refractivity contribution is -0.103. The van der Waals surface area contributed by atoms with Crippen molar-refractivity contribution in [1.29, 1.82) is 0 Å². The number of aliphatic hydroxyl groups is 1. The summed E-state index contributed by atoms with van der Waals surface area (Å²) in [6.45, 7) is 0.618. The first-order chi connectivity index (χ1) is 13.0. The molecule has 0 saturated carbocycles. The number of halogens is 3. The average Bonchev–Trinajstić information content (AvgIpc) is 2.66. The Morgan fingerprint density at radius 2 is 1.85 bits per heavy atom. The predicted molar refractivity (Wildman–Crippen MR) is 98.2 cm³/mol. The van der Waals surface area contributed by atoms with Crippen molar-refractivity contribution in [3.8, 4) is 5.75 Å². The minimum atomic E-state index is -0.661. The van der Waals surface area contributed by atoms with Crippen molar-refractivity contribution >= 4 is 11.6 Å². The molecule has 0 bridgehead atoms. The number of benzene rings is 2. The van der Waals surface area contributed by atoms with Crippen molar-refractivity contribution in [1.82, 2.24) is 0 Å². The van der Waals surface area contributed by atoms with Crippen molar-refractivity contribution in [2.24, 2.45) is 5.92 Å². The van der Waals surface area contributed by atoms with Gasteiger partial charge in [-0.2, -0.15) is 0 Å². The SMILES string of the molecule is OCC[C@@H]1OCC[C@@]2(Cc3ccc(Cl)cc3)c3c(F)ccc(F)c3OC[C@@H]12. The molecule has 1 saturated heterocycles. The number of aliphatic hydroxyl groups excluding tert-OH is 1. The molecule has 6 heteroatoms. The van der Waals surface area contributed by atoms with Crippen LogP contribution in [0.4, 0.5) is 8.78 Å². The van der Waals surface area contributed by atoms with Crippen molar-refractivity contribution < 1.29 is 23.4 Å². The number of hydrogen-bond donors (Lipinski definition) is 1. The van der Waals surface area contributed by atoms with E-state index in [-0.39, 0.29) is 31.0 Å². The highest BCUT2D eigenvalue weighted by molar-refractivity contribution is 6.30. The van der Waals surface area contributed by atoms with Gasteiger partial charge in [0, 0.05) is 35.1 Å². The van der Waals surface area contributed by atoms with E-state index in [1.165, 1.54) is 6.07 Å². The molecule has 144 valence electrons. The first-order valence-electron chi connectivity index (χ1n) is 9.13. The van der Waals surface area contributed by atoms with Gasteiger partial charge in [0.2, 0.25) is 0 Å². The van der Waals surface area contributed by atoms with Crippen LogP contribution < -0.4 is 4.74 Å². The third-order valence-electron chi connectivity index (χ3n) is 5.85. The van der Waals surface area contributed by atoms with Crippen LogP contribution in [-0.4, -0.2) is 31.0 Å². The van der Waals surface area contributed by atoms with Gasteiger partial charge >= 0.3 is 0 Å². The lowest BCUT2D eigenvalue weighted by atomic mass is 9.60. The molecule has 0 aromatic heterocycles. The topological polar surface area (TPSA) is 38.7 Å². The van der Waals surface area contributed by atoms with Gasteiger partial charge in [0.15, 0.2) is 11.6 Å². The second kappa shape index (κ2) is 7.38. The van der Waals surface area contributed by atoms with E-state index >= 15 is 0 Å². The number of rotatable bonds is 4. The third-order valence-corrected chi connectivity index (χ3v) is 6.10. The van der Waals surface area contributed by atoms with E-state index in [9.17, 15) is 13.9 Å². The fourth-order valence-electron chi connectivity index (χ4n) is 4.62. The van der Waals surface area contributed by atoms with E-state index < -0.39 is 17.0 Å². The average molecular weight is 395 g/mol. The van der Waals surface area contributed by atoms with Crippen LogP contribution in [0, 0.1) is 17.6 Å². The molecule has 3 nitrogen and oxygen atoms in total. The van der Waals surface area contributed by atoms with Gasteiger partial charge in [-0.25, -0.2) is 8.78 Å². The maximum absolute atomic E-state index is 15.0. The molecule has 2 aliphatic heterocycles. The van der Waals surface area contributed by atoms with Gasteiger partial charge in [-0.3, -0.25) is 0 Å².